The molecular weight excluding hydrogens is 717 g/mol. The summed E-state index contributed by atoms with van der Waals surface area (Å²) in [5.74, 6) is -4.06. The minimum absolute atomic E-state index is 0.00984. The van der Waals surface area contributed by atoms with E-state index in [9.17, 15) is 34.1 Å². The first-order chi connectivity index (χ1) is 23.7. The number of aromatic nitrogens is 1. The number of nitro benzene ring substituents is 1. The number of thiazole rings is 1. The number of rotatable bonds is 12. The van der Waals surface area contributed by atoms with Crippen molar-refractivity contribution in [3.05, 3.63) is 61.6 Å². The van der Waals surface area contributed by atoms with E-state index in [0.717, 1.165) is 12.1 Å². The second-order valence-corrected chi connectivity index (χ2v) is 21.5. The molecule has 1 aromatic carbocycles. The monoisotopic (exact) mass is 758 g/mol. The molecular formula is C33H42N6O9S2Si. The first kappa shape index (κ1) is 38.1. The molecule has 0 aliphatic carbocycles. The van der Waals surface area contributed by atoms with E-state index in [0.29, 0.717) is 23.1 Å². The first-order valence-corrected chi connectivity index (χ1v) is 21.1. The number of thioether (sulfide) groups is 1. The number of anilines is 1. The number of primary amides is 1. The van der Waals surface area contributed by atoms with E-state index in [2.05, 4.69) is 38.8 Å². The second kappa shape index (κ2) is 14.1. The Hall–Kier alpha value is -4.13. The number of nitro groups is 1. The summed E-state index contributed by atoms with van der Waals surface area (Å²) in [6, 6.07) is 4.33. The van der Waals surface area contributed by atoms with Gasteiger partial charge < -0.3 is 29.6 Å². The van der Waals surface area contributed by atoms with Gasteiger partial charge in [0.25, 0.3) is 11.6 Å². The van der Waals surface area contributed by atoms with Gasteiger partial charge in [-0.2, -0.15) is 0 Å². The van der Waals surface area contributed by atoms with Crippen molar-refractivity contribution in [1.29, 1.82) is 0 Å². The zero-order chi connectivity index (χ0) is 37.7. The molecule has 0 unspecified atom stereocenters. The molecule has 5 rings (SSSR count). The zero-order valence-corrected chi connectivity index (χ0v) is 32.3. The maximum absolute atomic E-state index is 13.8. The molecule has 15 nitrogen and oxygen atoms in total. The molecule has 0 bridgehead atoms. The van der Waals surface area contributed by atoms with Crippen LogP contribution in [0.2, 0.25) is 18.1 Å². The molecule has 3 aliphatic rings. The molecule has 18 heteroatoms. The van der Waals surface area contributed by atoms with Crippen LogP contribution in [0.5, 0.6) is 0 Å². The molecule has 3 aliphatic heterocycles. The van der Waals surface area contributed by atoms with Crippen LogP contribution in [0.4, 0.5) is 10.8 Å². The van der Waals surface area contributed by atoms with Crippen molar-refractivity contribution in [1.82, 2.24) is 14.8 Å². The SMILES string of the molecule is C[C@@H](O[Si](C)(C)C(C)(C)C)[C@H]1C(=O)N2C(C(=O)OC(=O)c3ccc([N+](=O)[O-])cc3)=C(SC3CN(c4nc(C(=O)N(C)CC(N)=O)cs4)C3)[C@H](C)[C@H]12. The minimum Gasteiger partial charge on any atom is -0.413 e. The highest BCUT2D eigenvalue weighted by molar-refractivity contribution is 8.03. The van der Waals surface area contributed by atoms with Crippen LogP contribution in [0.25, 0.3) is 0 Å². The molecule has 2 aromatic rings. The number of nitrogens with zero attached hydrogens (tertiary/aromatic N) is 5. The van der Waals surface area contributed by atoms with Crippen molar-refractivity contribution in [3.8, 4) is 0 Å². The number of β-lactam (4-membered cyclic amide) rings is 1. The highest BCUT2D eigenvalue weighted by atomic mass is 32.2. The summed E-state index contributed by atoms with van der Waals surface area (Å²) in [5.41, 5.74) is 5.17. The van der Waals surface area contributed by atoms with Gasteiger partial charge in [-0.05, 0) is 37.2 Å². The van der Waals surface area contributed by atoms with Crippen molar-refractivity contribution in [3.63, 3.8) is 0 Å². The lowest BCUT2D eigenvalue weighted by molar-refractivity contribution is -0.384. The molecule has 0 radical (unpaired) electrons. The number of carbonyl (C=O) groups is 5. The number of non-ortho nitro benzene ring substituents is 1. The van der Waals surface area contributed by atoms with Crippen LogP contribution in [-0.2, 0) is 23.5 Å². The lowest BCUT2D eigenvalue weighted by Gasteiger charge is -2.50. The van der Waals surface area contributed by atoms with Gasteiger partial charge in [-0.1, -0.05) is 27.7 Å². The van der Waals surface area contributed by atoms with Crippen molar-refractivity contribution >= 4 is 71.9 Å². The van der Waals surface area contributed by atoms with Crippen LogP contribution in [-0.4, -0.2) is 102 Å². The Morgan fingerprint density at radius 2 is 1.80 bits per heavy atom. The van der Waals surface area contributed by atoms with Gasteiger partial charge in [0.1, 0.15) is 11.4 Å². The van der Waals surface area contributed by atoms with E-state index in [1.54, 1.807) is 5.38 Å². The lowest BCUT2D eigenvalue weighted by atomic mass is 9.79. The predicted molar refractivity (Wildman–Crippen MR) is 193 cm³/mol. The van der Waals surface area contributed by atoms with Gasteiger partial charge in [-0.3, -0.25) is 24.5 Å². The Kier molecular flexibility index (Phi) is 10.5. The zero-order valence-electron chi connectivity index (χ0n) is 29.7. The first-order valence-electron chi connectivity index (χ1n) is 16.4. The van der Waals surface area contributed by atoms with E-state index >= 15 is 0 Å². The number of esters is 2. The number of likely N-dealkylation sites (N-methyl/N-ethyl adjacent to an activating group) is 1. The number of hydrogen-bond acceptors (Lipinski definition) is 13. The van der Waals surface area contributed by atoms with Crippen LogP contribution in [0, 0.1) is 22.0 Å². The molecule has 4 heterocycles. The van der Waals surface area contributed by atoms with E-state index < -0.39 is 49.0 Å². The molecule has 3 amide bonds. The molecule has 274 valence electrons. The lowest BCUT2D eigenvalue weighted by Crippen LogP contribution is -2.65. The van der Waals surface area contributed by atoms with Crippen LogP contribution in [0.3, 0.4) is 0 Å². The van der Waals surface area contributed by atoms with Gasteiger partial charge in [0.05, 0.1) is 35.1 Å². The summed E-state index contributed by atoms with van der Waals surface area (Å²) in [5, 5.41) is 13.2. The van der Waals surface area contributed by atoms with Gasteiger partial charge in [0, 0.05) is 53.7 Å². The molecule has 51 heavy (non-hydrogen) atoms. The number of hydrogen-bond donors (Lipinski definition) is 1. The summed E-state index contributed by atoms with van der Waals surface area (Å²) in [6.07, 6.45) is -0.409. The standard InChI is InChI=1S/C33H42N6O9S2Si/c1-17-25-24(18(2)48-51(7,8)33(3,4)5)29(42)38(25)26(31(44)47-30(43)19-9-11-20(12-10-19)39(45)46)27(17)50-21-13-37(14-21)32-35-22(16-49-32)28(41)36(6)15-23(34)40/h9-12,16-18,21,24-25H,13-15H2,1-8H3,(H2,34,40)/t17-,18-,24-,25-/m1/s1. The number of ether oxygens (including phenoxy) is 1. The van der Waals surface area contributed by atoms with Gasteiger partial charge in [-0.15, -0.1) is 23.1 Å². The number of nitrogens with two attached hydrogens (primary N) is 1. The predicted octanol–water partition coefficient (Wildman–Crippen LogP) is 4.01. The van der Waals surface area contributed by atoms with Crippen molar-refractivity contribution in [2.24, 2.45) is 17.6 Å². The third-order valence-corrected chi connectivity index (χ3v) is 16.9. The van der Waals surface area contributed by atoms with Crippen LogP contribution >= 0.6 is 23.1 Å². The third kappa shape index (κ3) is 7.45. The van der Waals surface area contributed by atoms with Gasteiger partial charge in [0.15, 0.2) is 13.4 Å². The fraction of sp³-hybridized carbons (Fsp3) is 0.515. The van der Waals surface area contributed by atoms with Crippen molar-refractivity contribution in [2.45, 2.75) is 70.1 Å². The van der Waals surface area contributed by atoms with E-state index in [1.165, 1.54) is 52.1 Å². The highest BCUT2D eigenvalue weighted by Gasteiger charge is 2.62. The van der Waals surface area contributed by atoms with Gasteiger partial charge in [0.2, 0.25) is 11.8 Å². The van der Waals surface area contributed by atoms with Crippen LogP contribution < -0.4 is 10.6 Å². The van der Waals surface area contributed by atoms with E-state index in [4.69, 9.17) is 14.9 Å². The third-order valence-electron chi connectivity index (χ3n) is 9.94. The number of amides is 3. The fourth-order valence-electron chi connectivity index (χ4n) is 6.14. The summed E-state index contributed by atoms with van der Waals surface area (Å²) in [4.78, 5) is 84.7. The van der Waals surface area contributed by atoms with Crippen molar-refractivity contribution in [2.75, 3.05) is 31.6 Å². The summed E-state index contributed by atoms with van der Waals surface area (Å²) in [7, 11) is -0.768. The maximum atomic E-state index is 13.8. The van der Waals surface area contributed by atoms with Gasteiger partial charge >= 0.3 is 11.9 Å². The fourth-order valence-corrected chi connectivity index (χ4v) is 9.90. The Balaban J connectivity index is 1.35. The highest BCUT2D eigenvalue weighted by Crippen LogP contribution is 2.53. The Bertz CT molecular complexity index is 1800. The van der Waals surface area contributed by atoms with Crippen molar-refractivity contribution < 1.29 is 38.1 Å². The van der Waals surface area contributed by atoms with Crippen LogP contribution in [0.1, 0.15) is 55.5 Å². The largest absolute Gasteiger partial charge is 0.413 e. The molecule has 1 aromatic heterocycles. The number of benzene rings is 1. The van der Waals surface area contributed by atoms with Gasteiger partial charge in [-0.25, -0.2) is 14.6 Å². The molecule has 0 saturated carbocycles. The summed E-state index contributed by atoms with van der Waals surface area (Å²) in [6.45, 7) is 15.3. The average Bonchev–Trinajstić information content (AvgIpc) is 3.58. The Morgan fingerprint density at radius 1 is 1.18 bits per heavy atom. The summed E-state index contributed by atoms with van der Waals surface area (Å²) >= 11 is 2.74. The Labute approximate surface area is 304 Å². The number of carbonyl (C=O) groups excluding carboxylic acids is 5. The molecule has 2 fully saturated rings. The minimum atomic E-state index is -2.24. The topological polar surface area (TPSA) is 196 Å². The molecule has 4 atom stereocenters. The Morgan fingerprint density at radius 3 is 2.37 bits per heavy atom. The smallest absolute Gasteiger partial charge is 0.363 e. The van der Waals surface area contributed by atoms with E-state index in [1.807, 2.05) is 18.7 Å². The normalized spacial score (nSPS) is 21.1. The second-order valence-electron chi connectivity index (χ2n) is 14.6. The number of fused-ring (bicyclic) bond motifs is 1. The van der Waals surface area contributed by atoms with E-state index in [-0.39, 0.29) is 57.3 Å². The summed E-state index contributed by atoms with van der Waals surface area (Å²) < 4.78 is 11.9. The maximum Gasteiger partial charge on any atom is 0.363 e. The quantitative estimate of drug-likeness (QED) is 0.0817. The molecule has 2 N–H and O–H groups in total. The molecule has 2 saturated heterocycles. The average molecular weight is 759 g/mol. The molecule has 0 spiro atoms. The van der Waals surface area contributed by atoms with Crippen LogP contribution in [0.15, 0.2) is 40.2 Å².